The fraction of sp³-hybridized carbons (Fsp3) is 0.333. The molecule has 2 aromatic rings. The van der Waals surface area contributed by atoms with Gasteiger partial charge in [-0.25, -0.2) is 0 Å². The number of hydrogen-bond acceptors (Lipinski definition) is 5. The summed E-state index contributed by atoms with van der Waals surface area (Å²) in [7, 11) is 0. The molecule has 0 saturated heterocycles. The highest BCUT2D eigenvalue weighted by molar-refractivity contribution is 5.63. The lowest BCUT2D eigenvalue weighted by Gasteiger charge is -2.06. The van der Waals surface area contributed by atoms with Crippen LogP contribution in [0.25, 0.3) is 11.4 Å². The van der Waals surface area contributed by atoms with E-state index in [9.17, 15) is 5.11 Å². The highest BCUT2D eigenvalue weighted by atomic mass is 16.5. The van der Waals surface area contributed by atoms with Gasteiger partial charge in [0.15, 0.2) is 0 Å². The van der Waals surface area contributed by atoms with Crippen LogP contribution in [0.5, 0.6) is 5.75 Å². The Hall–Kier alpha value is -1.88. The van der Waals surface area contributed by atoms with E-state index in [-0.39, 0.29) is 6.54 Å². The van der Waals surface area contributed by atoms with Gasteiger partial charge in [-0.3, -0.25) is 0 Å². The number of phenolic OH excluding ortho intramolecular Hbond substituents is 1. The van der Waals surface area contributed by atoms with Gasteiger partial charge in [0.1, 0.15) is 5.75 Å². The molecule has 0 fully saturated rings. The Morgan fingerprint density at radius 1 is 1.41 bits per heavy atom. The van der Waals surface area contributed by atoms with Crippen molar-refractivity contribution in [2.75, 3.05) is 0 Å². The van der Waals surface area contributed by atoms with Crippen LogP contribution in [0.1, 0.15) is 23.9 Å². The lowest BCUT2D eigenvalue weighted by atomic mass is 10.0. The first-order valence-electron chi connectivity index (χ1n) is 5.51. The lowest BCUT2D eigenvalue weighted by molar-refractivity contribution is 0.380. The van der Waals surface area contributed by atoms with E-state index in [1.165, 1.54) is 0 Å². The van der Waals surface area contributed by atoms with Crippen molar-refractivity contribution in [3.05, 3.63) is 29.2 Å². The Balaban J connectivity index is 2.50. The topological polar surface area (TPSA) is 85.2 Å². The van der Waals surface area contributed by atoms with Crippen molar-refractivity contribution in [3.8, 4) is 17.1 Å². The van der Waals surface area contributed by atoms with Crippen LogP contribution in [0, 0.1) is 6.92 Å². The molecule has 0 aliphatic carbocycles. The maximum absolute atomic E-state index is 9.73. The summed E-state index contributed by atoms with van der Waals surface area (Å²) in [6, 6.07) is 3.60. The average Bonchev–Trinajstić information content (AvgIpc) is 2.78. The van der Waals surface area contributed by atoms with E-state index < -0.39 is 0 Å². The highest BCUT2D eigenvalue weighted by Crippen LogP contribution is 2.28. The van der Waals surface area contributed by atoms with Crippen LogP contribution in [0.2, 0.25) is 0 Å². The summed E-state index contributed by atoms with van der Waals surface area (Å²) in [6.45, 7) is 4.10. The molecule has 2 rings (SSSR count). The minimum absolute atomic E-state index is 0.227. The molecule has 90 valence electrons. The van der Waals surface area contributed by atoms with Gasteiger partial charge in [0, 0.05) is 5.56 Å². The second kappa shape index (κ2) is 4.55. The zero-order valence-corrected chi connectivity index (χ0v) is 9.90. The third-order valence-corrected chi connectivity index (χ3v) is 2.69. The van der Waals surface area contributed by atoms with Crippen molar-refractivity contribution in [2.45, 2.75) is 26.8 Å². The van der Waals surface area contributed by atoms with Crippen LogP contribution in [0.15, 0.2) is 16.7 Å². The summed E-state index contributed by atoms with van der Waals surface area (Å²) >= 11 is 0. The maximum atomic E-state index is 9.73. The van der Waals surface area contributed by atoms with E-state index in [1.54, 1.807) is 6.07 Å². The monoisotopic (exact) mass is 233 g/mol. The summed E-state index contributed by atoms with van der Waals surface area (Å²) in [6.07, 6.45) is 0.751. The molecule has 0 radical (unpaired) electrons. The van der Waals surface area contributed by atoms with E-state index in [2.05, 4.69) is 10.1 Å². The Morgan fingerprint density at radius 3 is 2.76 bits per heavy atom. The van der Waals surface area contributed by atoms with Crippen LogP contribution >= 0.6 is 0 Å². The second-order valence-electron chi connectivity index (χ2n) is 3.87. The third-order valence-electron chi connectivity index (χ3n) is 2.69. The normalized spacial score (nSPS) is 10.8. The van der Waals surface area contributed by atoms with Crippen LogP contribution < -0.4 is 5.73 Å². The third kappa shape index (κ3) is 2.14. The highest BCUT2D eigenvalue weighted by Gasteiger charge is 2.12. The van der Waals surface area contributed by atoms with Gasteiger partial charge < -0.3 is 15.4 Å². The first-order chi connectivity index (χ1) is 8.15. The molecule has 0 saturated carbocycles. The molecule has 0 bridgehead atoms. The van der Waals surface area contributed by atoms with Crippen molar-refractivity contribution in [1.82, 2.24) is 10.1 Å². The Bertz CT molecular complexity index is 535. The molecule has 3 N–H and O–H groups in total. The summed E-state index contributed by atoms with van der Waals surface area (Å²) in [5, 5.41) is 13.6. The van der Waals surface area contributed by atoms with Crippen molar-refractivity contribution in [2.24, 2.45) is 5.73 Å². The van der Waals surface area contributed by atoms with E-state index in [0.717, 1.165) is 23.1 Å². The Morgan fingerprint density at radius 2 is 2.18 bits per heavy atom. The zero-order valence-electron chi connectivity index (χ0n) is 9.90. The molecule has 0 spiro atoms. The zero-order chi connectivity index (χ0) is 12.4. The van der Waals surface area contributed by atoms with Crippen LogP contribution in [-0.4, -0.2) is 15.2 Å². The van der Waals surface area contributed by atoms with Crippen LogP contribution in [0.4, 0.5) is 0 Å². The number of rotatable bonds is 3. The SMILES string of the molecule is CCc1cc(-c2noc(CN)n2)c(C)cc1O. The van der Waals surface area contributed by atoms with E-state index >= 15 is 0 Å². The smallest absolute Gasteiger partial charge is 0.240 e. The van der Waals surface area contributed by atoms with Gasteiger partial charge in [0.05, 0.1) is 6.54 Å². The molecule has 0 atom stereocenters. The molecule has 1 aromatic carbocycles. The molecule has 0 aliphatic heterocycles. The van der Waals surface area contributed by atoms with Gasteiger partial charge in [0.25, 0.3) is 0 Å². The molecule has 0 amide bonds. The number of nitrogens with two attached hydrogens (primary N) is 1. The van der Waals surface area contributed by atoms with E-state index in [1.807, 2.05) is 19.9 Å². The molecule has 0 unspecified atom stereocenters. The fourth-order valence-corrected chi connectivity index (χ4v) is 1.71. The number of hydrogen-bond donors (Lipinski definition) is 2. The summed E-state index contributed by atoms with van der Waals surface area (Å²) < 4.78 is 4.98. The van der Waals surface area contributed by atoms with Gasteiger partial charge in [0.2, 0.25) is 11.7 Å². The minimum Gasteiger partial charge on any atom is -0.508 e. The second-order valence-corrected chi connectivity index (χ2v) is 3.87. The first kappa shape index (κ1) is 11.6. The van der Waals surface area contributed by atoms with Crippen LogP contribution in [-0.2, 0) is 13.0 Å². The molecule has 1 aromatic heterocycles. The van der Waals surface area contributed by atoms with Crippen molar-refractivity contribution < 1.29 is 9.63 Å². The van der Waals surface area contributed by atoms with Gasteiger partial charge in [-0.2, -0.15) is 4.98 Å². The van der Waals surface area contributed by atoms with E-state index in [4.69, 9.17) is 10.3 Å². The number of aryl methyl sites for hydroxylation is 2. The average molecular weight is 233 g/mol. The molecule has 17 heavy (non-hydrogen) atoms. The van der Waals surface area contributed by atoms with Crippen LogP contribution in [0.3, 0.4) is 0 Å². The predicted molar refractivity (Wildman–Crippen MR) is 63.4 cm³/mol. The molecule has 1 heterocycles. The predicted octanol–water partition coefficient (Wildman–Crippen LogP) is 1.77. The van der Waals surface area contributed by atoms with Gasteiger partial charge in [-0.15, -0.1) is 0 Å². The molecule has 5 heteroatoms. The number of benzene rings is 1. The summed E-state index contributed by atoms with van der Waals surface area (Å²) in [5.74, 6) is 1.22. The summed E-state index contributed by atoms with van der Waals surface area (Å²) in [5.41, 5.74) is 8.06. The fourth-order valence-electron chi connectivity index (χ4n) is 1.71. The van der Waals surface area contributed by atoms with Crippen molar-refractivity contribution in [3.63, 3.8) is 0 Å². The van der Waals surface area contributed by atoms with Gasteiger partial charge in [-0.1, -0.05) is 12.1 Å². The minimum atomic E-state index is 0.227. The number of nitrogens with zero attached hydrogens (tertiary/aromatic N) is 2. The Kier molecular flexibility index (Phi) is 3.10. The number of aromatic nitrogens is 2. The van der Waals surface area contributed by atoms with Gasteiger partial charge >= 0.3 is 0 Å². The maximum Gasteiger partial charge on any atom is 0.240 e. The molecule has 0 aliphatic rings. The number of aromatic hydroxyl groups is 1. The molecular formula is C12H15N3O2. The molecule has 5 nitrogen and oxygen atoms in total. The quantitative estimate of drug-likeness (QED) is 0.843. The standard InChI is InChI=1S/C12H15N3O2/c1-3-8-5-9(7(2)4-10(8)16)12-14-11(6-13)17-15-12/h4-5,16H,3,6,13H2,1-2H3. The summed E-state index contributed by atoms with van der Waals surface area (Å²) in [4.78, 5) is 4.18. The van der Waals surface area contributed by atoms with Gasteiger partial charge in [-0.05, 0) is 36.6 Å². The lowest BCUT2D eigenvalue weighted by Crippen LogP contribution is -1.96. The number of phenols is 1. The molecular weight excluding hydrogens is 218 g/mol. The first-order valence-corrected chi connectivity index (χ1v) is 5.51. The van der Waals surface area contributed by atoms with E-state index in [0.29, 0.717) is 17.5 Å². The van der Waals surface area contributed by atoms with Crippen molar-refractivity contribution >= 4 is 0 Å². The van der Waals surface area contributed by atoms with Crippen molar-refractivity contribution in [1.29, 1.82) is 0 Å². The largest absolute Gasteiger partial charge is 0.508 e. The Labute approximate surface area is 99.3 Å².